The van der Waals surface area contributed by atoms with Gasteiger partial charge >= 0.3 is 0 Å². The predicted molar refractivity (Wildman–Crippen MR) is 108 cm³/mol. The van der Waals surface area contributed by atoms with Gasteiger partial charge in [0.25, 0.3) is 0 Å². The summed E-state index contributed by atoms with van der Waals surface area (Å²) in [6.07, 6.45) is 0. The fourth-order valence-electron chi connectivity index (χ4n) is 3.41. The van der Waals surface area contributed by atoms with Crippen molar-refractivity contribution in [2.75, 3.05) is 50.8 Å². The van der Waals surface area contributed by atoms with Crippen molar-refractivity contribution in [3.63, 3.8) is 0 Å². The molecule has 7 heteroatoms. The Kier molecular flexibility index (Phi) is 5.22. The fourth-order valence-corrected chi connectivity index (χ4v) is 5.35. The zero-order chi connectivity index (χ0) is 18.1. The number of anilines is 1. The average Bonchev–Trinajstić information content (AvgIpc) is 3.24. The highest BCUT2D eigenvalue weighted by Gasteiger charge is 2.30. The van der Waals surface area contributed by atoms with Crippen LogP contribution in [0.1, 0.15) is 20.9 Å². The molecule has 138 valence electrons. The standard InChI is InChI=1S/C19H23N3O2S2/c1-13-14(2)26-19-17(13)18(15-4-3-11-25-15)20-12-16(23)22(19)6-5-21-7-9-24-10-8-21/h3-4,11H,5-10,12H2,1-2H3. The maximum absolute atomic E-state index is 12.9. The second-order valence-corrected chi connectivity index (χ2v) is 8.76. The summed E-state index contributed by atoms with van der Waals surface area (Å²) in [4.78, 5) is 24.3. The van der Waals surface area contributed by atoms with Gasteiger partial charge in [-0.2, -0.15) is 0 Å². The van der Waals surface area contributed by atoms with E-state index in [1.807, 2.05) is 11.0 Å². The van der Waals surface area contributed by atoms with Crippen LogP contribution in [-0.4, -0.2) is 62.5 Å². The smallest absolute Gasteiger partial charge is 0.249 e. The minimum Gasteiger partial charge on any atom is -0.379 e. The van der Waals surface area contributed by atoms with Gasteiger partial charge in [-0.25, -0.2) is 0 Å². The Morgan fingerprint density at radius 3 is 2.77 bits per heavy atom. The summed E-state index contributed by atoms with van der Waals surface area (Å²) in [5.74, 6) is 0.0901. The minimum absolute atomic E-state index is 0.0901. The molecule has 0 saturated carbocycles. The van der Waals surface area contributed by atoms with Gasteiger partial charge in [0.1, 0.15) is 11.5 Å². The van der Waals surface area contributed by atoms with Crippen LogP contribution in [0.2, 0.25) is 0 Å². The number of ether oxygens (including phenoxy) is 1. The molecule has 2 aromatic heterocycles. The number of carbonyl (C=O) groups is 1. The molecule has 0 atom stereocenters. The number of thiophene rings is 2. The van der Waals surface area contributed by atoms with E-state index in [0.717, 1.165) is 54.0 Å². The third-order valence-electron chi connectivity index (χ3n) is 5.02. The number of carbonyl (C=O) groups excluding carboxylic acids is 1. The SMILES string of the molecule is Cc1sc2c(c1C)C(c1cccs1)=NCC(=O)N2CCN1CCOCC1. The molecule has 0 aromatic carbocycles. The summed E-state index contributed by atoms with van der Waals surface area (Å²) in [5, 5.41) is 3.12. The second kappa shape index (κ2) is 7.60. The fraction of sp³-hybridized carbons (Fsp3) is 0.474. The lowest BCUT2D eigenvalue weighted by atomic mass is 10.1. The maximum Gasteiger partial charge on any atom is 0.249 e. The first-order valence-electron chi connectivity index (χ1n) is 8.94. The van der Waals surface area contributed by atoms with Crippen molar-refractivity contribution in [2.45, 2.75) is 13.8 Å². The quantitative estimate of drug-likeness (QED) is 0.808. The third kappa shape index (κ3) is 3.36. The average molecular weight is 390 g/mol. The van der Waals surface area contributed by atoms with Crippen LogP contribution in [0.5, 0.6) is 0 Å². The number of nitrogens with zero attached hydrogens (tertiary/aromatic N) is 3. The molecule has 1 saturated heterocycles. The van der Waals surface area contributed by atoms with E-state index in [1.54, 1.807) is 22.7 Å². The zero-order valence-electron chi connectivity index (χ0n) is 15.2. The first-order valence-corrected chi connectivity index (χ1v) is 10.6. The van der Waals surface area contributed by atoms with Gasteiger partial charge in [-0.3, -0.25) is 14.7 Å². The van der Waals surface area contributed by atoms with Crippen molar-refractivity contribution in [3.8, 4) is 0 Å². The second-order valence-electron chi connectivity index (χ2n) is 6.60. The molecule has 0 radical (unpaired) electrons. The van der Waals surface area contributed by atoms with Gasteiger partial charge in [0, 0.05) is 36.6 Å². The van der Waals surface area contributed by atoms with E-state index in [-0.39, 0.29) is 12.5 Å². The highest BCUT2D eigenvalue weighted by Crippen LogP contribution is 2.39. The molecule has 0 bridgehead atoms. The Morgan fingerprint density at radius 2 is 2.04 bits per heavy atom. The summed E-state index contributed by atoms with van der Waals surface area (Å²) in [5.41, 5.74) is 3.35. The predicted octanol–water partition coefficient (Wildman–Crippen LogP) is 2.94. The van der Waals surface area contributed by atoms with Crippen molar-refractivity contribution >= 4 is 39.3 Å². The zero-order valence-corrected chi connectivity index (χ0v) is 16.8. The molecule has 4 rings (SSSR count). The van der Waals surface area contributed by atoms with E-state index in [1.165, 1.54) is 10.4 Å². The molecule has 2 aliphatic rings. The van der Waals surface area contributed by atoms with E-state index in [4.69, 9.17) is 9.73 Å². The lowest BCUT2D eigenvalue weighted by Gasteiger charge is -2.29. The van der Waals surface area contributed by atoms with Gasteiger partial charge in [0.05, 0.1) is 23.8 Å². The van der Waals surface area contributed by atoms with Crippen LogP contribution in [0, 0.1) is 13.8 Å². The van der Waals surface area contributed by atoms with Gasteiger partial charge in [-0.1, -0.05) is 6.07 Å². The molecule has 2 aromatic rings. The van der Waals surface area contributed by atoms with Crippen molar-refractivity contribution in [1.82, 2.24) is 4.90 Å². The molecule has 4 heterocycles. The number of fused-ring (bicyclic) bond motifs is 1. The van der Waals surface area contributed by atoms with Crippen LogP contribution in [0.25, 0.3) is 0 Å². The largest absolute Gasteiger partial charge is 0.379 e. The minimum atomic E-state index is 0.0901. The van der Waals surface area contributed by atoms with Gasteiger partial charge in [0.2, 0.25) is 5.91 Å². The highest BCUT2D eigenvalue weighted by atomic mass is 32.1. The molecule has 26 heavy (non-hydrogen) atoms. The van der Waals surface area contributed by atoms with E-state index in [0.29, 0.717) is 6.54 Å². The first-order chi connectivity index (χ1) is 12.6. The molecule has 1 fully saturated rings. The number of aliphatic imine (C=N–C) groups is 1. The Morgan fingerprint density at radius 1 is 1.23 bits per heavy atom. The van der Waals surface area contributed by atoms with E-state index in [2.05, 4.69) is 30.2 Å². The van der Waals surface area contributed by atoms with Crippen LogP contribution in [0.3, 0.4) is 0 Å². The van der Waals surface area contributed by atoms with E-state index in [9.17, 15) is 4.79 Å². The monoisotopic (exact) mass is 389 g/mol. The van der Waals surface area contributed by atoms with Crippen LogP contribution in [-0.2, 0) is 9.53 Å². The van der Waals surface area contributed by atoms with Crippen LogP contribution in [0.4, 0.5) is 5.00 Å². The van der Waals surface area contributed by atoms with Gasteiger partial charge in [-0.15, -0.1) is 22.7 Å². The number of morpholine rings is 1. The molecule has 2 aliphatic heterocycles. The molecule has 0 spiro atoms. The Labute approximate surface area is 161 Å². The molecule has 0 N–H and O–H groups in total. The lowest BCUT2D eigenvalue weighted by Crippen LogP contribution is -2.43. The van der Waals surface area contributed by atoms with Gasteiger partial charge in [0.15, 0.2) is 0 Å². The molecular weight excluding hydrogens is 366 g/mol. The third-order valence-corrected chi connectivity index (χ3v) is 7.13. The van der Waals surface area contributed by atoms with E-state index >= 15 is 0 Å². The number of rotatable bonds is 4. The first kappa shape index (κ1) is 17.9. The maximum atomic E-state index is 12.9. The molecule has 5 nitrogen and oxygen atoms in total. The van der Waals surface area contributed by atoms with Crippen molar-refractivity contribution in [3.05, 3.63) is 38.4 Å². The van der Waals surface area contributed by atoms with E-state index < -0.39 is 0 Å². The van der Waals surface area contributed by atoms with Crippen LogP contribution >= 0.6 is 22.7 Å². The van der Waals surface area contributed by atoms with Crippen molar-refractivity contribution in [1.29, 1.82) is 0 Å². The number of hydrogen-bond donors (Lipinski definition) is 0. The van der Waals surface area contributed by atoms with Crippen LogP contribution in [0.15, 0.2) is 22.5 Å². The number of hydrogen-bond acceptors (Lipinski definition) is 6. The van der Waals surface area contributed by atoms with Crippen molar-refractivity contribution < 1.29 is 9.53 Å². The molecule has 1 amide bonds. The van der Waals surface area contributed by atoms with Crippen LogP contribution < -0.4 is 4.90 Å². The summed E-state index contributed by atoms with van der Waals surface area (Å²) in [6, 6.07) is 4.13. The molecule has 0 unspecified atom stereocenters. The van der Waals surface area contributed by atoms with Crippen molar-refractivity contribution in [2.24, 2.45) is 4.99 Å². The summed E-state index contributed by atoms with van der Waals surface area (Å²) >= 11 is 3.40. The lowest BCUT2D eigenvalue weighted by molar-refractivity contribution is -0.117. The normalized spacial score (nSPS) is 18.6. The molecular formula is C19H23N3O2S2. The van der Waals surface area contributed by atoms with Gasteiger partial charge < -0.3 is 9.64 Å². The summed E-state index contributed by atoms with van der Waals surface area (Å²) < 4.78 is 5.43. The summed E-state index contributed by atoms with van der Waals surface area (Å²) in [6.45, 7) is 9.51. The topological polar surface area (TPSA) is 45.1 Å². The Balaban J connectivity index is 1.66. The Bertz CT molecular complexity index is 820. The highest BCUT2D eigenvalue weighted by molar-refractivity contribution is 7.17. The molecule has 0 aliphatic carbocycles. The number of amides is 1. The summed E-state index contributed by atoms with van der Waals surface area (Å²) in [7, 11) is 0. The van der Waals surface area contributed by atoms with Gasteiger partial charge in [-0.05, 0) is 30.9 Å². The Hall–Kier alpha value is -1.54. The number of aryl methyl sites for hydroxylation is 1.